The van der Waals surface area contributed by atoms with Crippen molar-refractivity contribution in [2.24, 2.45) is 17.6 Å². The van der Waals surface area contributed by atoms with E-state index in [4.69, 9.17) is 0 Å². The quantitative estimate of drug-likeness (QED) is 0.599. The summed E-state index contributed by atoms with van der Waals surface area (Å²) < 4.78 is 0. The molecular weight excluding hydrogens is 122 g/mol. The van der Waals surface area contributed by atoms with Gasteiger partial charge in [-0.05, 0) is 18.9 Å². The van der Waals surface area contributed by atoms with E-state index in [1.807, 2.05) is 0 Å². The van der Waals surface area contributed by atoms with Crippen LogP contribution in [0, 0.1) is 11.8 Å². The molecule has 2 N–H and O–H groups in total. The van der Waals surface area contributed by atoms with E-state index in [0.29, 0.717) is 0 Å². The molecule has 0 atom stereocenters. The SMILES string of the molecule is CC(C)C1CCCC1.CN. The van der Waals surface area contributed by atoms with Crippen molar-refractivity contribution >= 4 is 0 Å². The number of hydrogen-bond donors (Lipinski definition) is 1. The van der Waals surface area contributed by atoms with E-state index in [-0.39, 0.29) is 0 Å². The number of nitrogens with two attached hydrogens (primary N) is 1. The highest BCUT2D eigenvalue weighted by Gasteiger charge is 2.17. The molecule has 0 aromatic heterocycles. The van der Waals surface area contributed by atoms with Gasteiger partial charge in [0.1, 0.15) is 0 Å². The van der Waals surface area contributed by atoms with Gasteiger partial charge in [0.05, 0.1) is 0 Å². The van der Waals surface area contributed by atoms with Gasteiger partial charge in [-0.15, -0.1) is 0 Å². The van der Waals surface area contributed by atoms with Gasteiger partial charge in [-0.1, -0.05) is 39.5 Å². The zero-order chi connectivity index (χ0) is 7.98. The highest BCUT2D eigenvalue weighted by molar-refractivity contribution is 4.69. The minimum atomic E-state index is 0.942. The molecule has 1 aliphatic rings. The molecule has 1 aliphatic carbocycles. The first-order valence-corrected chi connectivity index (χ1v) is 4.38. The second kappa shape index (κ2) is 5.72. The third kappa shape index (κ3) is 3.21. The van der Waals surface area contributed by atoms with Crippen molar-refractivity contribution in [3.05, 3.63) is 0 Å². The molecule has 0 aromatic carbocycles. The fraction of sp³-hybridized carbons (Fsp3) is 1.00. The number of hydrogen-bond acceptors (Lipinski definition) is 1. The molecule has 0 aliphatic heterocycles. The Hall–Kier alpha value is -0.0400. The van der Waals surface area contributed by atoms with Crippen LogP contribution in [0.1, 0.15) is 39.5 Å². The fourth-order valence-corrected chi connectivity index (χ4v) is 1.62. The molecule has 0 bridgehead atoms. The summed E-state index contributed by atoms with van der Waals surface area (Å²) in [7, 11) is 1.50. The summed E-state index contributed by atoms with van der Waals surface area (Å²) in [5.41, 5.74) is 4.50. The first kappa shape index (κ1) is 9.96. The average Bonchev–Trinajstić information content (AvgIpc) is 2.42. The summed E-state index contributed by atoms with van der Waals surface area (Å²) >= 11 is 0. The van der Waals surface area contributed by atoms with E-state index < -0.39 is 0 Å². The summed E-state index contributed by atoms with van der Waals surface area (Å²) in [6.07, 6.45) is 5.97. The predicted octanol–water partition coefficient (Wildman–Crippen LogP) is 2.41. The van der Waals surface area contributed by atoms with Crippen molar-refractivity contribution in [3.63, 3.8) is 0 Å². The predicted molar refractivity (Wildman–Crippen MR) is 46.9 cm³/mol. The molecular formula is C9H21N. The third-order valence-electron chi connectivity index (χ3n) is 2.34. The molecule has 1 nitrogen and oxygen atoms in total. The molecule has 0 saturated heterocycles. The zero-order valence-corrected chi connectivity index (χ0v) is 7.56. The Labute approximate surface area is 65.0 Å². The van der Waals surface area contributed by atoms with Crippen LogP contribution in [0.25, 0.3) is 0 Å². The van der Waals surface area contributed by atoms with Crippen LogP contribution in [0.3, 0.4) is 0 Å². The maximum absolute atomic E-state index is 4.50. The highest BCUT2D eigenvalue weighted by Crippen LogP contribution is 2.30. The van der Waals surface area contributed by atoms with Crippen LogP contribution >= 0.6 is 0 Å². The lowest BCUT2D eigenvalue weighted by Crippen LogP contribution is -2.01. The fourth-order valence-electron chi connectivity index (χ4n) is 1.62. The molecule has 0 aromatic rings. The van der Waals surface area contributed by atoms with Crippen molar-refractivity contribution in [2.75, 3.05) is 7.05 Å². The van der Waals surface area contributed by atoms with Crippen LogP contribution in [0.2, 0.25) is 0 Å². The lowest BCUT2D eigenvalue weighted by molar-refractivity contribution is 0.396. The lowest BCUT2D eigenvalue weighted by atomic mass is 9.95. The van der Waals surface area contributed by atoms with Gasteiger partial charge in [-0.25, -0.2) is 0 Å². The van der Waals surface area contributed by atoms with E-state index in [9.17, 15) is 0 Å². The summed E-state index contributed by atoms with van der Waals surface area (Å²) in [6.45, 7) is 4.69. The van der Waals surface area contributed by atoms with Crippen molar-refractivity contribution in [2.45, 2.75) is 39.5 Å². The lowest BCUT2D eigenvalue weighted by Gasteiger charge is -2.11. The van der Waals surface area contributed by atoms with Crippen LogP contribution < -0.4 is 5.73 Å². The van der Waals surface area contributed by atoms with Crippen LogP contribution in [-0.4, -0.2) is 7.05 Å². The first-order valence-electron chi connectivity index (χ1n) is 4.38. The van der Waals surface area contributed by atoms with Gasteiger partial charge >= 0.3 is 0 Å². The summed E-state index contributed by atoms with van der Waals surface area (Å²) in [5.74, 6) is 2.01. The van der Waals surface area contributed by atoms with E-state index in [1.165, 1.54) is 32.7 Å². The van der Waals surface area contributed by atoms with Crippen molar-refractivity contribution in [3.8, 4) is 0 Å². The van der Waals surface area contributed by atoms with Crippen LogP contribution in [0.15, 0.2) is 0 Å². The normalized spacial score (nSPS) is 18.9. The van der Waals surface area contributed by atoms with Gasteiger partial charge in [-0.2, -0.15) is 0 Å². The number of rotatable bonds is 1. The standard InChI is InChI=1S/C8H16.CH5N/c1-7(2)8-5-3-4-6-8;1-2/h7-8H,3-6H2,1-2H3;2H2,1H3. The molecule has 0 heterocycles. The molecule has 62 valence electrons. The van der Waals surface area contributed by atoms with Crippen molar-refractivity contribution in [1.29, 1.82) is 0 Å². The van der Waals surface area contributed by atoms with Crippen LogP contribution in [0.4, 0.5) is 0 Å². The molecule has 0 radical (unpaired) electrons. The Kier molecular flexibility index (Phi) is 5.70. The van der Waals surface area contributed by atoms with Gasteiger partial charge in [-0.3, -0.25) is 0 Å². The largest absolute Gasteiger partial charge is 0.333 e. The van der Waals surface area contributed by atoms with Gasteiger partial charge < -0.3 is 5.73 Å². The molecule has 1 fully saturated rings. The zero-order valence-electron chi connectivity index (χ0n) is 7.56. The Balaban J connectivity index is 0.000000371. The molecule has 10 heavy (non-hydrogen) atoms. The van der Waals surface area contributed by atoms with E-state index in [1.54, 1.807) is 0 Å². The molecule has 0 unspecified atom stereocenters. The van der Waals surface area contributed by atoms with Crippen LogP contribution in [-0.2, 0) is 0 Å². The maximum atomic E-state index is 4.50. The smallest absolute Gasteiger partial charge is 0.0195 e. The van der Waals surface area contributed by atoms with E-state index >= 15 is 0 Å². The molecule has 1 heteroatoms. The third-order valence-corrected chi connectivity index (χ3v) is 2.34. The monoisotopic (exact) mass is 143 g/mol. The topological polar surface area (TPSA) is 26.0 Å². The molecule has 1 saturated carbocycles. The second-order valence-corrected chi connectivity index (χ2v) is 3.29. The average molecular weight is 143 g/mol. The van der Waals surface area contributed by atoms with E-state index in [2.05, 4.69) is 19.6 Å². The highest BCUT2D eigenvalue weighted by atomic mass is 14.4. The summed E-state index contributed by atoms with van der Waals surface area (Å²) in [6, 6.07) is 0. The second-order valence-electron chi connectivity index (χ2n) is 3.29. The van der Waals surface area contributed by atoms with Gasteiger partial charge in [0.15, 0.2) is 0 Å². The van der Waals surface area contributed by atoms with Crippen molar-refractivity contribution in [1.82, 2.24) is 0 Å². The Morgan fingerprint density at radius 1 is 1.10 bits per heavy atom. The van der Waals surface area contributed by atoms with Gasteiger partial charge in [0.2, 0.25) is 0 Å². The van der Waals surface area contributed by atoms with Gasteiger partial charge in [0, 0.05) is 0 Å². The maximum Gasteiger partial charge on any atom is -0.0195 e. The van der Waals surface area contributed by atoms with Gasteiger partial charge in [0.25, 0.3) is 0 Å². The molecule has 0 spiro atoms. The summed E-state index contributed by atoms with van der Waals surface area (Å²) in [5, 5.41) is 0. The van der Waals surface area contributed by atoms with E-state index in [0.717, 1.165) is 11.8 Å². The van der Waals surface area contributed by atoms with Crippen molar-refractivity contribution < 1.29 is 0 Å². The summed E-state index contributed by atoms with van der Waals surface area (Å²) in [4.78, 5) is 0. The molecule has 0 amide bonds. The minimum absolute atomic E-state index is 0.942. The Bertz CT molecular complexity index is 63.1. The van der Waals surface area contributed by atoms with Crippen LogP contribution in [0.5, 0.6) is 0 Å². The minimum Gasteiger partial charge on any atom is -0.333 e. The molecule has 1 rings (SSSR count). The Morgan fingerprint density at radius 2 is 1.50 bits per heavy atom. The first-order chi connectivity index (χ1) is 4.80. The Morgan fingerprint density at radius 3 is 1.70 bits per heavy atom.